The molecule has 0 amide bonds. The van der Waals surface area contributed by atoms with Crippen molar-refractivity contribution in [1.29, 1.82) is 0 Å². The van der Waals surface area contributed by atoms with Gasteiger partial charge in [-0.05, 0) is 59.3 Å². The van der Waals surface area contributed by atoms with Crippen LogP contribution in [0.2, 0.25) is 0 Å². The van der Waals surface area contributed by atoms with Gasteiger partial charge in [0.25, 0.3) is 0 Å². The highest BCUT2D eigenvalue weighted by Gasteiger charge is 2.22. The lowest BCUT2D eigenvalue weighted by Gasteiger charge is -2.13. The normalized spacial score (nSPS) is 12.1. The summed E-state index contributed by atoms with van der Waals surface area (Å²) < 4.78 is 6.01. The van der Waals surface area contributed by atoms with Crippen molar-refractivity contribution in [1.82, 2.24) is 19.5 Å². The number of thiophene rings is 2. The van der Waals surface area contributed by atoms with Gasteiger partial charge in [-0.15, -0.1) is 22.7 Å². The van der Waals surface area contributed by atoms with Gasteiger partial charge in [-0.1, -0.05) is 91.0 Å². The maximum atomic E-state index is 5.54. The van der Waals surface area contributed by atoms with Crippen LogP contribution in [0.25, 0.3) is 102 Å². The van der Waals surface area contributed by atoms with E-state index in [-0.39, 0.29) is 0 Å². The first-order chi connectivity index (χ1) is 24.3. The average Bonchev–Trinajstić information content (AvgIpc) is 3.81. The monoisotopic (exact) mass is 660 g/mol. The smallest absolute Gasteiger partial charge is 0.166 e. The van der Waals surface area contributed by atoms with E-state index < -0.39 is 0 Å². The fourth-order valence-electron chi connectivity index (χ4n) is 7.36. The van der Waals surface area contributed by atoms with E-state index in [1.54, 1.807) is 11.3 Å². The number of hydrogen-bond acceptors (Lipinski definition) is 5. The number of rotatable bonds is 3. The van der Waals surface area contributed by atoms with Crippen molar-refractivity contribution in [2.24, 2.45) is 0 Å². The van der Waals surface area contributed by atoms with Gasteiger partial charge in [0.1, 0.15) is 16.0 Å². The number of fused-ring (bicyclic) bond motifs is 10. The maximum Gasteiger partial charge on any atom is 0.166 e. The Hall–Kier alpha value is -5.95. The lowest BCUT2D eigenvalue weighted by atomic mass is 10.1. The minimum Gasteiger partial charge on any atom is -0.292 e. The molecule has 11 aromatic rings. The summed E-state index contributed by atoms with van der Waals surface area (Å²) in [5, 5.41) is 8.50. The van der Waals surface area contributed by atoms with Crippen molar-refractivity contribution in [3.05, 3.63) is 146 Å². The molecule has 0 radical (unpaired) electrons. The Bertz CT molecular complexity index is 3120. The minimum atomic E-state index is 0.839. The van der Waals surface area contributed by atoms with Gasteiger partial charge >= 0.3 is 0 Å². The molecular formula is C43H24N4S2. The fraction of sp³-hybridized carbons (Fsp3) is 0. The summed E-state index contributed by atoms with van der Waals surface area (Å²) in [6, 6.07) is 49.9. The quantitative estimate of drug-likeness (QED) is 0.189. The Balaban J connectivity index is 1.24. The molecule has 0 bridgehead atoms. The first kappa shape index (κ1) is 27.0. The Morgan fingerprint density at radius 2 is 1.18 bits per heavy atom. The van der Waals surface area contributed by atoms with Crippen LogP contribution < -0.4 is 0 Å². The lowest BCUT2D eigenvalue weighted by molar-refractivity contribution is 1.09. The second-order valence-electron chi connectivity index (χ2n) is 12.5. The molecule has 0 fully saturated rings. The number of nitrogens with zero attached hydrogens (tertiary/aromatic N) is 4. The lowest BCUT2D eigenvalue weighted by Crippen LogP contribution is -2.03. The van der Waals surface area contributed by atoms with Crippen LogP contribution in [-0.2, 0) is 0 Å². The molecule has 0 aliphatic carbocycles. The SMILES string of the molecule is c1ccc(-c2ccc3c(c2)sc2nc(-n4c5ccccc5c5cc6ccccc6cc54)c(-c4ccc5c(c4)sc4ccccc45)nc23)nc1. The van der Waals surface area contributed by atoms with E-state index in [1.165, 1.54) is 41.7 Å². The third-order valence-corrected chi connectivity index (χ3v) is 11.8. The van der Waals surface area contributed by atoms with Gasteiger partial charge in [-0.25, -0.2) is 9.97 Å². The predicted molar refractivity (Wildman–Crippen MR) is 208 cm³/mol. The second-order valence-corrected chi connectivity index (χ2v) is 14.6. The summed E-state index contributed by atoms with van der Waals surface area (Å²) in [6.45, 7) is 0. The van der Waals surface area contributed by atoms with Crippen LogP contribution in [0.3, 0.4) is 0 Å². The summed E-state index contributed by atoms with van der Waals surface area (Å²) in [5.41, 5.74) is 7.13. The third kappa shape index (κ3) is 4.05. The van der Waals surface area contributed by atoms with Crippen molar-refractivity contribution in [2.75, 3.05) is 0 Å². The highest BCUT2D eigenvalue weighted by Crippen LogP contribution is 2.42. The number of hydrogen-bond donors (Lipinski definition) is 0. The Morgan fingerprint density at radius 3 is 2.08 bits per heavy atom. The van der Waals surface area contributed by atoms with Crippen LogP contribution >= 0.6 is 22.7 Å². The molecule has 0 aliphatic rings. The molecule has 0 aliphatic heterocycles. The average molecular weight is 661 g/mol. The molecule has 4 nitrogen and oxygen atoms in total. The zero-order valence-corrected chi connectivity index (χ0v) is 27.6. The number of aromatic nitrogens is 4. The van der Waals surface area contributed by atoms with Crippen molar-refractivity contribution in [2.45, 2.75) is 0 Å². The van der Waals surface area contributed by atoms with Crippen molar-refractivity contribution >= 4 is 95.9 Å². The standard InChI is InChI=1S/C43H24N4S2/c1-2-10-26-22-36-33(21-25(26)9-1)29-11-3-5-14-35(29)47(36)42-40(28-17-18-31-30-12-4-6-15-37(30)48-38(31)24-28)45-41-32-19-16-27(34-13-7-8-20-44-34)23-39(32)49-43(41)46-42/h1-24H. The zero-order chi connectivity index (χ0) is 32.1. The molecule has 228 valence electrons. The second kappa shape index (κ2) is 10.3. The Labute approximate surface area is 288 Å². The summed E-state index contributed by atoms with van der Waals surface area (Å²) in [7, 11) is 0. The molecule has 0 spiro atoms. The molecule has 6 aromatic carbocycles. The van der Waals surface area contributed by atoms with Crippen LogP contribution in [-0.4, -0.2) is 19.5 Å². The molecule has 5 aromatic heterocycles. The highest BCUT2D eigenvalue weighted by atomic mass is 32.1. The molecule has 0 saturated carbocycles. The predicted octanol–water partition coefficient (Wildman–Crippen LogP) is 12.2. The van der Waals surface area contributed by atoms with E-state index in [1.807, 2.05) is 29.7 Å². The van der Waals surface area contributed by atoms with Crippen LogP contribution in [0.15, 0.2) is 146 Å². The first-order valence-electron chi connectivity index (χ1n) is 16.3. The molecular weight excluding hydrogens is 637 g/mol. The van der Waals surface area contributed by atoms with E-state index in [0.717, 1.165) is 59.8 Å². The molecule has 0 unspecified atom stereocenters. The largest absolute Gasteiger partial charge is 0.292 e. The minimum absolute atomic E-state index is 0.839. The van der Waals surface area contributed by atoms with Crippen molar-refractivity contribution < 1.29 is 0 Å². The summed E-state index contributed by atoms with van der Waals surface area (Å²) >= 11 is 3.52. The summed E-state index contributed by atoms with van der Waals surface area (Å²) in [5.74, 6) is 0.839. The van der Waals surface area contributed by atoms with Gasteiger partial charge in [0.05, 0.1) is 16.7 Å². The topological polar surface area (TPSA) is 43.6 Å². The molecule has 0 N–H and O–H groups in total. The van der Waals surface area contributed by atoms with Gasteiger partial charge in [0, 0.05) is 58.4 Å². The fourth-order valence-corrected chi connectivity index (χ4v) is 9.56. The summed E-state index contributed by atoms with van der Waals surface area (Å²) in [6.07, 6.45) is 1.84. The van der Waals surface area contributed by atoms with E-state index in [0.29, 0.717) is 0 Å². The summed E-state index contributed by atoms with van der Waals surface area (Å²) in [4.78, 5) is 16.6. The van der Waals surface area contributed by atoms with Gasteiger partial charge in [0.15, 0.2) is 5.82 Å². The van der Waals surface area contributed by atoms with Gasteiger partial charge in [-0.2, -0.15) is 0 Å². The number of benzene rings is 6. The molecule has 6 heteroatoms. The molecule has 5 heterocycles. The van der Waals surface area contributed by atoms with E-state index in [4.69, 9.17) is 9.97 Å². The van der Waals surface area contributed by atoms with Crippen LogP contribution in [0.4, 0.5) is 0 Å². The van der Waals surface area contributed by atoms with Crippen LogP contribution in [0.1, 0.15) is 0 Å². The molecule has 0 saturated heterocycles. The Morgan fingerprint density at radius 1 is 0.469 bits per heavy atom. The maximum absolute atomic E-state index is 5.54. The zero-order valence-electron chi connectivity index (χ0n) is 26.0. The number of para-hydroxylation sites is 1. The number of pyridine rings is 1. The highest BCUT2D eigenvalue weighted by molar-refractivity contribution is 7.26. The van der Waals surface area contributed by atoms with E-state index in [2.05, 4.69) is 137 Å². The molecule has 11 rings (SSSR count). The van der Waals surface area contributed by atoms with Crippen LogP contribution in [0, 0.1) is 0 Å². The van der Waals surface area contributed by atoms with E-state index in [9.17, 15) is 0 Å². The third-order valence-electron chi connectivity index (χ3n) is 9.65. The van der Waals surface area contributed by atoms with Crippen molar-refractivity contribution in [3.8, 4) is 28.3 Å². The van der Waals surface area contributed by atoms with Crippen LogP contribution in [0.5, 0.6) is 0 Å². The van der Waals surface area contributed by atoms with Gasteiger partial charge < -0.3 is 0 Å². The van der Waals surface area contributed by atoms with Crippen molar-refractivity contribution in [3.63, 3.8) is 0 Å². The Kier molecular flexibility index (Phi) is 5.67. The molecule has 49 heavy (non-hydrogen) atoms. The first-order valence-corrected chi connectivity index (χ1v) is 17.9. The molecule has 0 atom stereocenters. The van der Waals surface area contributed by atoms with E-state index >= 15 is 0 Å². The van der Waals surface area contributed by atoms with Gasteiger partial charge in [0.2, 0.25) is 0 Å². The van der Waals surface area contributed by atoms with Gasteiger partial charge in [-0.3, -0.25) is 9.55 Å².